The Labute approximate surface area is 132 Å². The third-order valence-electron chi connectivity index (χ3n) is 2.98. The zero-order chi connectivity index (χ0) is 15.2. The molecule has 2 aromatic carbocycles. The minimum atomic E-state index is -0.382. The largest absolute Gasteiger partial charge is 0.422 e. The minimum absolute atomic E-state index is 0.382. The molecule has 3 nitrogen and oxygen atoms in total. The molecule has 22 heavy (non-hydrogen) atoms. The van der Waals surface area contributed by atoms with Gasteiger partial charge in [0.15, 0.2) is 0 Å². The highest BCUT2D eigenvalue weighted by Gasteiger charge is 2.12. The van der Waals surface area contributed by atoms with E-state index in [2.05, 4.69) is 4.98 Å². The Morgan fingerprint density at radius 3 is 2.18 bits per heavy atom. The fourth-order valence-electron chi connectivity index (χ4n) is 1.93. The van der Waals surface area contributed by atoms with Crippen molar-refractivity contribution in [1.82, 2.24) is 4.98 Å². The number of aromatic nitrogens is 1. The Hall–Kier alpha value is -2.72. The van der Waals surface area contributed by atoms with Crippen LogP contribution in [0.1, 0.15) is 20.9 Å². The molecule has 1 aromatic heterocycles. The average molecular weight is 307 g/mol. The van der Waals surface area contributed by atoms with Crippen LogP contribution in [0.5, 0.6) is 0 Å². The molecule has 4 heteroatoms. The first-order valence-electron chi connectivity index (χ1n) is 6.77. The molecule has 0 spiro atoms. The van der Waals surface area contributed by atoms with Crippen LogP contribution in [-0.4, -0.2) is 11.0 Å². The topological polar surface area (TPSA) is 39.2 Å². The summed E-state index contributed by atoms with van der Waals surface area (Å²) in [5.74, 6) is 0.108. The molecule has 0 amide bonds. The number of hydrogen-bond acceptors (Lipinski definition) is 4. The zero-order valence-electron chi connectivity index (χ0n) is 11.7. The van der Waals surface area contributed by atoms with E-state index in [0.29, 0.717) is 11.3 Å². The monoisotopic (exact) mass is 307 g/mol. The lowest BCUT2D eigenvalue weighted by Crippen LogP contribution is -2.04. The van der Waals surface area contributed by atoms with E-state index in [0.717, 1.165) is 10.6 Å². The fourth-order valence-corrected chi connectivity index (χ4v) is 2.48. The number of hydrogen-bond donors (Lipinski definition) is 0. The van der Waals surface area contributed by atoms with E-state index in [1.807, 2.05) is 53.9 Å². The maximum Gasteiger partial charge on any atom is 0.343 e. The predicted molar refractivity (Wildman–Crippen MR) is 88.3 cm³/mol. The van der Waals surface area contributed by atoms with Crippen LogP contribution >= 0.6 is 11.3 Å². The molecule has 108 valence electrons. The van der Waals surface area contributed by atoms with E-state index in [-0.39, 0.29) is 5.97 Å². The second-order valence-electron chi connectivity index (χ2n) is 4.50. The van der Waals surface area contributed by atoms with Crippen LogP contribution in [0.3, 0.4) is 0 Å². The molecule has 0 bridgehead atoms. The molecule has 0 fully saturated rings. The molecular weight excluding hydrogens is 294 g/mol. The van der Waals surface area contributed by atoms with Gasteiger partial charge in [-0.3, -0.25) is 0 Å². The van der Waals surface area contributed by atoms with Gasteiger partial charge in [-0.15, -0.1) is 11.3 Å². The number of nitrogens with zero attached hydrogens (tertiary/aromatic N) is 1. The van der Waals surface area contributed by atoms with E-state index in [9.17, 15) is 4.79 Å². The van der Waals surface area contributed by atoms with Gasteiger partial charge in [-0.2, -0.15) is 0 Å². The molecule has 0 radical (unpaired) electrons. The number of carbonyl (C=O) groups is 1. The molecule has 0 atom stereocenters. The number of carbonyl (C=O) groups excluding carboxylic acids is 1. The highest BCUT2D eigenvalue weighted by atomic mass is 32.1. The maximum absolute atomic E-state index is 12.3. The smallest absolute Gasteiger partial charge is 0.343 e. The number of benzene rings is 2. The average Bonchev–Trinajstić information content (AvgIpc) is 3.09. The van der Waals surface area contributed by atoms with Gasteiger partial charge in [-0.05, 0) is 12.1 Å². The Balaban J connectivity index is 1.91. The summed E-state index contributed by atoms with van der Waals surface area (Å²) >= 11 is 1.49. The van der Waals surface area contributed by atoms with Crippen molar-refractivity contribution in [3.05, 3.63) is 88.4 Å². The molecule has 0 saturated heterocycles. The molecule has 0 saturated carbocycles. The second kappa shape index (κ2) is 6.83. The van der Waals surface area contributed by atoms with E-state index < -0.39 is 0 Å². The summed E-state index contributed by atoms with van der Waals surface area (Å²) in [4.78, 5) is 16.5. The molecule has 0 aliphatic rings. The van der Waals surface area contributed by atoms with Gasteiger partial charge in [0.05, 0.1) is 5.56 Å². The van der Waals surface area contributed by atoms with Crippen LogP contribution < -0.4 is 0 Å². The third-order valence-corrected chi connectivity index (χ3v) is 3.70. The van der Waals surface area contributed by atoms with Crippen LogP contribution in [-0.2, 0) is 4.74 Å². The highest BCUT2D eigenvalue weighted by Crippen LogP contribution is 2.22. The zero-order valence-corrected chi connectivity index (χ0v) is 12.5. The molecule has 0 N–H and O–H groups in total. The van der Waals surface area contributed by atoms with Crippen molar-refractivity contribution < 1.29 is 9.53 Å². The highest BCUT2D eigenvalue weighted by molar-refractivity contribution is 7.10. The van der Waals surface area contributed by atoms with Gasteiger partial charge in [0, 0.05) is 23.2 Å². The van der Waals surface area contributed by atoms with Crippen molar-refractivity contribution in [3.8, 4) is 0 Å². The quantitative estimate of drug-likeness (QED) is 0.526. The first-order chi connectivity index (χ1) is 10.8. The van der Waals surface area contributed by atoms with Gasteiger partial charge in [0.25, 0.3) is 0 Å². The van der Waals surface area contributed by atoms with Crippen molar-refractivity contribution in [1.29, 1.82) is 0 Å². The molecule has 0 unspecified atom stereocenters. The van der Waals surface area contributed by atoms with Gasteiger partial charge in [0.2, 0.25) is 0 Å². The van der Waals surface area contributed by atoms with E-state index >= 15 is 0 Å². The molecule has 0 aliphatic heterocycles. The van der Waals surface area contributed by atoms with Crippen LogP contribution in [0.15, 0.2) is 72.2 Å². The summed E-state index contributed by atoms with van der Waals surface area (Å²) in [6, 6.07) is 18.5. The molecule has 1 heterocycles. The van der Waals surface area contributed by atoms with Crippen molar-refractivity contribution in [2.45, 2.75) is 0 Å². The summed E-state index contributed by atoms with van der Waals surface area (Å²) in [5, 5.41) is 2.67. The van der Waals surface area contributed by atoms with E-state index in [1.54, 1.807) is 24.4 Å². The summed E-state index contributed by atoms with van der Waals surface area (Å²) < 4.78 is 5.58. The van der Waals surface area contributed by atoms with Crippen molar-refractivity contribution in [2.24, 2.45) is 0 Å². The Morgan fingerprint density at radius 1 is 0.955 bits per heavy atom. The van der Waals surface area contributed by atoms with Crippen LogP contribution in [0.2, 0.25) is 0 Å². The molecule has 0 aliphatic carbocycles. The fraction of sp³-hybridized carbons (Fsp3) is 0. The third kappa shape index (κ3) is 3.48. The van der Waals surface area contributed by atoms with Gasteiger partial charge in [-0.25, -0.2) is 9.78 Å². The second-order valence-corrected chi connectivity index (χ2v) is 5.43. The van der Waals surface area contributed by atoms with Gasteiger partial charge >= 0.3 is 5.97 Å². The summed E-state index contributed by atoms with van der Waals surface area (Å²) in [5.41, 5.74) is 1.35. The number of ether oxygens (including phenoxy) is 1. The van der Waals surface area contributed by atoms with E-state index in [4.69, 9.17) is 4.74 Å². The minimum Gasteiger partial charge on any atom is -0.422 e. The Morgan fingerprint density at radius 2 is 1.59 bits per heavy atom. The predicted octanol–water partition coefficient (Wildman–Crippen LogP) is 4.50. The lowest BCUT2D eigenvalue weighted by atomic mass is 10.1. The number of esters is 1. The summed E-state index contributed by atoms with van der Waals surface area (Å²) in [6.45, 7) is 0. The SMILES string of the molecule is O=C(O/C(=C/c1nccs1)c1ccccc1)c1ccccc1. The molecular formula is C18H13NO2S. The van der Waals surface area contributed by atoms with Crippen molar-refractivity contribution >= 4 is 29.1 Å². The normalized spacial score (nSPS) is 11.2. The first kappa shape index (κ1) is 14.2. The van der Waals surface area contributed by atoms with Crippen LogP contribution in [0.25, 0.3) is 11.8 Å². The maximum atomic E-state index is 12.3. The first-order valence-corrected chi connectivity index (χ1v) is 7.65. The van der Waals surface area contributed by atoms with Gasteiger partial charge in [-0.1, -0.05) is 48.5 Å². The number of thiazole rings is 1. The van der Waals surface area contributed by atoms with Gasteiger partial charge in [0.1, 0.15) is 10.8 Å². The van der Waals surface area contributed by atoms with Crippen molar-refractivity contribution in [3.63, 3.8) is 0 Å². The van der Waals surface area contributed by atoms with Crippen molar-refractivity contribution in [2.75, 3.05) is 0 Å². The van der Waals surface area contributed by atoms with Crippen LogP contribution in [0, 0.1) is 0 Å². The van der Waals surface area contributed by atoms with Gasteiger partial charge < -0.3 is 4.74 Å². The van der Waals surface area contributed by atoms with Crippen LogP contribution in [0.4, 0.5) is 0 Å². The summed E-state index contributed by atoms with van der Waals surface area (Å²) in [6.07, 6.45) is 3.50. The summed E-state index contributed by atoms with van der Waals surface area (Å²) in [7, 11) is 0. The molecule has 3 rings (SSSR count). The lowest BCUT2D eigenvalue weighted by Gasteiger charge is -2.09. The standard InChI is InChI=1S/C18H13NO2S/c20-18(15-9-5-2-6-10-15)21-16(13-17-19-11-12-22-17)14-7-3-1-4-8-14/h1-13H/b16-13+. The lowest BCUT2D eigenvalue weighted by molar-refractivity contribution is 0.0693. The van der Waals surface area contributed by atoms with E-state index in [1.165, 1.54) is 11.3 Å². The number of rotatable bonds is 4. The Kier molecular flexibility index (Phi) is 4.41. The Bertz CT molecular complexity index is 765. The molecule has 3 aromatic rings.